The lowest BCUT2D eigenvalue weighted by Gasteiger charge is -2.07. The van der Waals surface area contributed by atoms with E-state index in [1.807, 2.05) is 16.9 Å². The number of nitrogens with zero attached hydrogens (tertiary/aromatic N) is 2. The summed E-state index contributed by atoms with van der Waals surface area (Å²) in [5.41, 5.74) is 6.23. The second kappa shape index (κ2) is 6.48. The molecule has 1 heterocycles. The number of hydrogen-bond acceptors (Lipinski definition) is 2. The average molecular weight is 291 g/mol. The van der Waals surface area contributed by atoms with E-state index in [2.05, 4.69) is 72.9 Å². The molecule has 0 amide bonds. The minimum atomic E-state index is 0.789. The van der Waals surface area contributed by atoms with Crippen LogP contribution in [0, 0.1) is 13.8 Å². The molecule has 0 unspecified atom stereocenters. The molecule has 0 radical (unpaired) electrons. The Balaban J connectivity index is 1.61. The van der Waals surface area contributed by atoms with Crippen LogP contribution in [0.3, 0.4) is 0 Å². The van der Waals surface area contributed by atoms with Gasteiger partial charge in [-0.2, -0.15) is 5.10 Å². The molecule has 2 aromatic carbocycles. The highest BCUT2D eigenvalue weighted by molar-refractivity contribution is 5.48. The van der Waals surface area contributed by atoms with Crippen molar-refractivity contribution >= 4 is 5.69 Å². The fourth-order valence-corrected chi connectivity index (χ4v) is 2.41. The summed E-state index contributed by atoms with van der Waals surface area (Å²) in [5, 5.41) is 7.88. The van der Waals surface area contributed by atoms with Gasteiger partial charge in [0.15, 0.2) is 0 Å². The Morgan fingerprint density at radius 1 is 0.955 bits per heavy atom. The third-order valence-electron chi connectivity index (χ3n) is 3.88. The molecule has 0 aliphatic heterocycles. The maximum absolute atomic E-state index is 4.43. The van der Waals surface area contributed by atoms with Crippen molar-refractivity contribution in [1.82, 2.24) is 9.78 Å². The molecule has 0 aliphatic carbocycles. The number of aryl methyl sites for hydroxylation is 2. The summed E-state index contributed by atoms with van der Waals surface area (Å²) in [4.78, 5) is 0. The van der Waals surface area contributed by atoms with Crippen molar-refractivity contribution in [3.05, 3.63) is 83.2 Å². The molecule has 0 atom stereocenters. The zero-order valence-electron chi connectivity index (χ0n) is 13.1. The molecular formula is C19H21N3. The standard InChI is InChI=1S/C19H21N3/c1-15-8-9-19(10-16(15)2)20-11-18-12-21-22(14-18)13-17-6-4-3-5-7-17/h3-10,12,14,20H,11,13H2,1-2H3. The lowest BCUT2D eigenvalue weighted by atomic mass is 10.1. The number of aromatic nitrogens is 2. The van der Waals surface area contributed by atoms with E-state index < -0.39 is 0 Å². The van der Waals surface area contributed by atoms with Crippen molar-refractivity contribution in [2.24, 2.45) is 0 Å². The van der Waals surface area contributed by atoms with E-state index in [4.69, 9.17) is 0 Å². The van der Waals surface area contributed by atoms with E-state index in [0.717, 1.165) is 18.8 Å². The lowest BCUT2D eigenvalue weighted by molar-refractivity contribution is 0.686. The summed E-state index contributed by atoms with van der Waals surface area (Å²) in [6.07, 6.45) is 4.03. The molecule has 0 saturated carbocycles. The Morgan fingerprint density at radius 2 is 1.77 bits per heavy atom. The van der Waals surface area contributed by atoms with E-state index in [1.54, 1.807) is 0 Å². The van der Waals surface area contributed by atoms with Gasteiger partial charge in [-0.3, -0.25) is 4.68 Å². The van der Waals surface area contributed by atoms with Crippen LogP contribution >= 0.6 is 0 Å². The number of anilines is 1. The second-order valence-electron chi connectivity index (χ2n) is 5.68. The molecule has 3 rings (SSSR count). The predicted molar refractivity (Wildman–Crippen MR) is 91.0 cm³/mol. The summed E-state index contributed by atoms with van der Waals surface area (Å²) in [5.74, 6) is 0. The number of benzene rings is 2. The minimum Gasteiger partial charge on any atom is -0.381 e. The van der Waals surface area contributed by atoms with Crippen LogP contribution in [-0.2, 0) is 13.1 Å². The Morgan fingerprint density at radius 3 is 2.55 bits per heavy atom. The first kappa shape index (κ1) is 14.4. The first-order chi connectivity index (χ1) is 10.7. The Bertz CT molecular complexity index is 744. The molecule has 3 heteroatoms. The lowest BCUT2D eigenvalue weighted by Crippen LogP contribution is -2.01. The van der Waals surface area contributed by atoms with E-state index in [9.17, 15) is 0 Å². The van der Waals surface area contributed by atoms with Gasteiger partial charge in [-0.25, -0.2) is 0 Å². The van der Waals surface area contributed by atoms with Crippen LogP contribution in [0.1, 0.15) is 22.3 Å². The van der Waals surface area contributed by atoms with Gasteiger partial charge in [-0.15, -0.1) is 0 Å². The number of nitrogens with one attached hydrogen (secondary N) is 1. The Labute approximate surface area is 131 Å². The summed E-state index contributed by atoms with van der Waals surface area (Å²) in [6, 6.07) is 16.8. The van der Waals surface area contributed by atoms with E-state index in [0.29, 0.717) is 0 Å². The zero-order chi connectivity index (χ0) is 15.4. The van der Waals surface area contributed by atoms with Crippen molar-refractivity contribution in [2.75, 3.05) is 5.32 Å². The smallest absolute Gasteiger partial charge is 0.0659 e. The molecular weight excluding hydrogens is 270 g/mol. The highest BCUT2D eigenvalue weighted by atomic mass is 15.3. The molecule has 0 fully saturated rings. The summed E-state index contributed by atoms with van der Waals surface area (Å²) < 4.78 is 1.98. The van der Waals surface area contributed by atoms with Crippen molar-refractivity contribution < 1.29 is 0 Å². The van der Waals surface area contributed by atoms with Gasteiger partial charge in [0.25, 0.3) is 0 Å². The van der Waals surface area contributed by atoms with Gasteiger partial charge < -0.3 is 5.32 Å². The maximum Gasteiger partial charge on any atom is 0.0659 e. The molecule has 0 saturated heterocycles. The van der Waals surface area contributed by atoms with Crippen LogP contribution in [-0.4, -0.2) is 9.78 Å². The monoisotopic (exact) mass is 291 g/mol. The maximum atomic E-state index is 4.43. The van der Waals surface area contributed by atoms with Gasteiger partial charge in [0.05, 0.1) is 12.7 Å². The highest BCUT2D eigenvalue weighted by Crippen LogP contribution is 2.15. The van der Waals surface area contributed by atoms with Crippen molar-refractivity contribution in [2.45, 2.75) is 26.9 Å². The highest BCUT2D eigenvalue weighted by Gasteiger charge is 2.01. The zero-order valence-corrected chi connectivity index (χ0v) is 13.1. The van der Waals surface area contributed by atoms with Crippen molar-refractivity contribution in [1.29, 1.82) is 0 Å². The minimum absolute atomic E-state index is 0.789. The molecule has 112 valence electrons. The average Bonchev–Trinajstić information content (AvgIpc) is 2.97. The van der Waals surface area contributed by atoms with Crippen LogP contribution < -0.4 is 5.32 Å². The van der Waals surface area contributed by atoms with Crippen molar-refractivity contribution in [3.8, 4) is 0 Å². The van der Waals surface area contributed by atoms with Gasteiger partial charge >= 0.3 is 0 Å². The normalized spacial score (nSPS) is 10.6. The molecule has 1 N–H and O–H groups in total. The first-order valence-corrected chi connectivity index (χ1v) is 7.57. The molecule has 0 spiro atoms. The number of rotatable bonds is 5. The second-order valence-corrected chi connectivity index (χ2v) is 5.68. The molecule has 22 heavy (non-hydrogen) atoms. The molecule has 0 aliphatic rings. The van der Waals surface area contributed by atoms with Crippen LogP contribution in [0.15, 0.2) is 60.9 Å². The van der Waals surface area contributed by atoms with Crippen LogP contribution in [0.5, 0.6) is 0 Å². The van der Waals surface area contributed by atoms with Gasteiger partial charge in [0.1, 0.15) is 0 Å². The van der Waals surface area contributed by atoms with Gasteiger partial charge in [-0.1, -0.05) is 36.4 Å². The van der Waals surface area contributed by atoms with Crippen LogP contribution in [0.25, 0.3) is 0 Å². The fraction of sp³-hybridized carbons (Fsp3) is 0.211. The topological polar surface area (TPSA) is 29.9 Å². The van der Waals surface area contributed by atoms with Gasteiger partial charge in [0.2, 0.25) is 0 Å². The van der Waals surface area contributed by atoms with E-state index in [1.165, 1.54) is 22.3 Å². The van der Waals surface area contributed by atoms with Gasteiger partial charge in [0, 0.05) is 24.0 Å². The fourth-order valence-electron chi connectivity index (χ4n) is 2.41. The van der Waals surface area contributed by atoms with Crippen molar-refractivity contribution in [3.63, 3.8) is 0 Å². The predicted octanol–water partition coefficient (Wildman–Crippen LogP) is 4.16. The summed E-state index contributed by atoms with van der Waals surface area (Å²) >= 11 is 0. The summed E-state index contributed by atoms with van der Waals surface area (Å²) in [6.45, 7) is 5.87. The third kappa shape index (κ3) is 3.55. The SMILES string of the molecule is Cc1ccc(NCc2cnn(Cc3ccccc3)c2)cc1C. The molecule has 3 nitrogen and oxygen atoms in total. The molecule has 1 aromatic heterocycles. The van der Waals surface area contributed by atoms with Crippen LogP contribution in [0.4, 0.5) is 5.69 Å². The van der Waals surface area contributed by atoms with Gasteiger partial charge in [-0.05, 0) is 42.7 Å². The van der Waals surface area contributed by atoms with Crippen LogP contribution in [0.2, 0.25) is 0 Å². The molecule has 3 aromatic rings. The largest absolute Gasteiger partial charge is 0.381 e. The first-order valence-electron chi connectivity index (χ1n) is 7.57. The quantitative estimate of drug-likeness (QED) is 0.765. The molecule has 0 bridgehead atoms. The Hall–Kier alpha value is -2.55. The number of hydrogen-bond donors (Lipinski definition) is 1. The Kier molecular flexibility index (Phi) is 4.24. The van der Waals surface area contributed by atoms with E-state index >= 15 is 0 Å². The third-order valence-corrected chi connectivity index (χ3v) is 3.88. The summed E-state index contributed by atoms with van der Waals surface area (Å²) in [7, 11) is 0. The van der Waals surface area contributed by atoms with E-state index in [-0.39, 0.29) is 0 Å².